The van der Waals surface area contributed by atoms with Crippen molar-refractivity contribution in [2.45, 2.75) is 18.3 Å². The molecule has 0 aliphatic carbocycles. The Balaban J connectivity index is 2.05. The maximum Gasteiger partial charge on any atom is 0.247 e. The minimum atomic E-state index is -0.729. The second-order valence-corrected chi connectivity index (χ2v) is 3.78. The zero-order chi connectivity index (χ0) is 12.5. The van der Waals surface area contributed by atoms with Crippen molar-refractivity contribution in [1.82, 2.24) is 0 Å². The van der Waals surface area contributed by atoms with E-state index < -0.39 is 12.2 Å². The smallest absolute Gasteiger partial charge is 0.247 e. The largest absolute Gasteiger partial charge is 0.388 e. The van der Waals surface area contributed by atoms with E-state index in [0.717, 1.165) is 6.61 Å². The van der Waals surface area contributed by atoms with E-state index in [0.29, 0.717) is 6.61 Å². The molecular formula is C11H16N2O4. The van der Waals surface area contributed by atoms with Gasteiger partial charge in [0.15, 0.2) is 0 Å². The Labute approximate surface area is 101 Å². The molecule has 1 N–H and O–H groups in total. The summed E-state index contributed by atoms with van der Waals surface area (Å²) in [6.07, 6.45) is -0.973. The van der Waals surface area contributed by atoms with Crippen LogP contribution in [0.5, 0.6) is 0 Å². The summed E-state index contributed by atoms with van der Waals surface area (Å²) < 4.78 is 15.4. The summed E-state index contributed by atoms with van der Waals surface area (Å²) in [6, 6.07) is 0. The number of rotatable bonds is 9. The molecule has 17 heavy (non-hydrogen) atoms. The molecule has 1 saturated heterocycles. The lowest BCUT2D eigenvalue weighted by atomic mass is 10.3. The van der Waals surface area contributed by atoms with Gasteiger partial charge in [0.25, 0.3) is 0 Å². The molecule has 0 radical (unpaired) electrons. The summed E-state index contributed by atoms with van der Waals surface area (Å²) in [5.74, 6) is 0. The van der Waals surface area contributed by atoms with Crippen LogP contribution in [0.3, 0.4) is 0 Å². The molecule has 0 amide bonds. The molecule has 6 nitrogen and oxygen atoms in total. The monoisotopic (exact) mass is 240 g/mol. The van der Waals surface area contributed by atoms with Crippen LogP contribution in [0.2, 0.25) is 0 Å². The van der Waals surface area contributed by atoms with Gasteiger partial charge in [-0.25, -0.2) is 13.1 Å². The fourth-order valence-corrected chi connectivity index (χ4v) is 1.16. The molecular weight excluding hydrogens is 224 g/mol. The number of hydrogen-bond donors (Lipinski definition) is 1. The Morgan fingerprint density at radius 2 is 1.94 bits per heavy atom. The van der Waals surface area contributed by atoms with Gasteiger partial charge in [-0.2, -0.15) is 0 Å². The van der Waals surface area contributed by atoms with Crippen LogP contribution in [0.4, 0.5) is 0 Å². The first-order valence-electron chi connectivity index (χ1n) is 5.41. The normalized spacial score (nSPS) is 19.6. The third-order valence-electron chi connectivity index (χ3n) is 2.13. The van der Waals surface area contributed by atoms with Gasteiger partial charge < -0.3 is 29.0 Å². The Morgan fingerprint density at radius 3 is 2.47 bits per heavy atom. The Morgan fingerprint density at radius 1 is 1.29 bits per heavy atom. The van der Waals surface area contributed by atoms with E-state index in [-0.39, 0.29) is 32.4 Å². The Bertz CT molecular complexity index is 277. The van der Waals surface area contributed by atoms with Gasteiger partial charge in [0.05, 0.1) is 26.4 Å². The average molecular weight is 240 g/mol. The highest BCUT2D eigenvalue weighted by Gasteiger charge is 2.23. The molecule has 0 saturated carbocycles. The zero-order valence-corrected chi connectivity index (χ0v) is 9.54. The minimum absolute atomic E-state index is 0.0846. The molecule has 1 fully saturated rings. The molecule has 0 aromatic carbocycles. The fraction of sp³-hybridized carbons (Fsp3) is 0.818. The molecule has 1 heterocycles. The maximum atomic E-state index is 9.52. The lowest BCUT2D eigenvalue weighted by Gasteiger charge is -2.13. The lowest BCUT2D eigenvalue weighted by molar-refractivity contribution is -0.0384. The third kappa shape index (κ3) is 6.88. The van der Waals surface area contributed by atoms with Gasteiger partial charge in [0.1, 0.15) is 12.2 Å². The van der Waals surface area contributed by atoms with Crippen LogP contribution in [0.1, 0.15) is 0 Å². The first-order valence-corrected chi connectivity index (χ1v) is 5.41. The number of aliphatic hydroxyl groups is 1. The average Bonchev–Trinajstić information content (AvgIpc) is 3.10. The van der Waals surface area contributed by atoms with Gasteiger partial charge in [0.2, 0.25) is 19.2 Å². The molecule has 94 valence electrons. The van der Waals surface area contributed by atoms with Crippen molar-refractivity contribution in [3.05, 3.63) is 22.8 Å². The summed E-state index contributed by atoms with van der Waals surface area (Å²) in [4.78, 5) is 6.36. The van der Waals surface area contributed by atoms with Gasteiger partial charge >= 0.3 is 0 Å². The van der Waals surface area contributed by atoms with Gasteiger partial charge in [-0.15, -0.1) is 0 Å². The number of ether oxygens (including phenoxy) is 3. The molecule has 6 heteroatoms. The lowest BCUT2D eigenvalue weighted by Crippen LogP contribution is -2.28. The molecule has 1 aliphatic rings. The highest BCUT2D eigenvalue weighted by Crippen LogP contribution is 2.08. The first-order chi connectivity index (χ1) is 8.26. The van der Waals surface area contributed by atoms with E-state index in [2.05, 4.69) is 9.69 Å². The zero-order valence-electron chi connectivity index (χ0n) is 9.54. The van der Waals surface area contributed by atoms with Crippen molar-refractivity contribution in [2.75, 3.05) is 39.5 Å². The summed E-state index contributed by atoms with van der Waals surface area (Å²) in [6.45, 7) is 15.2. The third-order valence-corrected chi connectivity index (χ3v) is 2.13. The predicted molar refractivity (Wildman–Crippen MR) is 59.2 cm³/mol. The molecule has 0 bridgehead atoms. The maximum absolute atomic E-state index is 9.52. The Hall–Kier alpha value is -1.18. The number of epoxide rings is 1. The molecule has 2 atom stereocenters. The van der Waals surface area contributed by atoms with Crippen molar-refractivity contribution >= 4 is 0 Å². The summed E-state index contributed by atoms with van der Waals surface area (Å²) in [7, 11) is 0. The van der Waals surface area contributed by atoms with Crippen LogP contribution in [-0.4, -0.2) is 62.9 Å². The van der Waals surface area contributed by atoms with Gasteiger partial charge in [0, 0.05) is 0 Å². The molecule has 1 rings (SSSR count). The first kappa shape index (κ1) is 13.9. The summed E-state index contributed by atoms with van der Waals surface area (Å²) in [5, 5.41) is 9.52. The van der Waals surface area contributed by atoms with Crippen molar-refractivity contribution in [2.24, 2.45) is 0 Å². The van der Waals surface area contributed by atoms with Crippen LogP contribution in [-0.2, 0) is 14.2 Å². The van der Waals surface area contributed by atoms with Crippen LogP contribution < -0.4 is 0 Å². The van der Waals surface area contributed by atoms with E-state index >= 15 is 0 Å². The standard InChI is InChI=1S/C11H16N2O4/c1-12-3-10(4-13-2)16-6-9(14)5-15-7-11-8-17-11/h9-11,14H,3-8H2. The van der Waals surface area contributed by atoms with Crippen LogP contribution in [0.25, 0.3) is 9.69 Å². The topological polar surface area (TPSA) is 59.9 Å². The van der Waals surface area contributed by atoms with E-state index in [4.69, 9.17) is 27.4 Å². The minimum Gasteiger partial charge on any atom is -0.388 e. The number of hydrogen-bond acceptors (Lipinski definition) is 4. The fourth-order valence-electron chi connectivity index (χ4n) is 1.16. The second-order valence-electron chi connectivity index (χ2n) is 3.78. The van der Waals surface area contributed by atoms with E-state index in [1.165, 1.54) is 0 Å². The highest BCUT2D eigenvalue weighted by molar-refractivity contribution is 4.78. The Kier molecular flexibility index (Phi) is 6.53. The number of aliphatic hydroxyl groups excluding tert-OH is 1. The molecule has 0 aromatic heterocycles. The van der Waals surface area contributed by atoms with Crippen molar-refractivity contribution in [3.63, 3.8) is 0 Å². The summed E-state index contributed by atoms with van der Waals surface area (Å²) >= 11 is 0. The van der Waals surface area contributed by atoms with E-state index in [9.17, 15) is 5.11 Å². The second kappa shape index (κ2) is 7.99. The predicted octanol–water partition coefficient (Wildman–Crippen LogP) is -0.0135. The van der Waals surface area contributed by atoms with Crippen LogP contribution in [0, 0.1) is 13.1 Å². The van der Waals surface area contributed by atoms with Gasteiger partial charge in [-0.3, -0.25) is 0 Å². The molecule has 2 unspecified atom stereocenters. The van der Waals surface area contributed by atoms with Crippen molar-refractivity contribution in [1.29, 1.82) is 0 Å². The quantitative estimate of drug-likeness (QED) is 0.455. The number of nitrogens with zero attached hydrogens (tertiary/aromatic N) is 2. The SMILES string of the molecule is [C-]#[N+]CC(C[N+]#[C-])OCC(O)COCC1CO1. The van der Waals surface area contributed by atoms with Gasteiger partial charge in [-0.05, 0) is 0 Å². The molecule has 1 aliphatic heterocycles. The molecule has 0 aromatic rings. The highest BCUT2D eigenvalue weighted by atomic mass is 16.6. The molecule has 0 spiro atoms. The van der Waals surface area contributed by atoms with Crippen molar-refractivity contribution < 1.29 is 19.3 Å². The van der Waals surface area contributed by atoms with E-state index in [1.54, 1.807) is 0 Å². The van der Waals surface area contributed by atoms with Gasteiger partial charge in [-0.1, -0.05) is 0 Å². The van der Waals surface area contributed by atoms with Crippen LogP contribution in [0.15, 0.2) is 0 Å². The van der Waals surface area contributed by atoms with Crippen LogP contribution >= 0.6 is 0 Å². The van der Waals surface area contributed by atoms with Crippen molar-refractivity contribution in [3.8, 4) is 0 Å². The van der Waals surface area contributed by atoms with E-state index in [1.807, 2.05) is 0 Å². The summed E-state index contributed by atoms with van der Waals surface area (Å²) in [5.41, 5.74) is 0.